The minimum Gasteiger partial charge on any atom is -0.427 e. The molecule has 0 aliphatic carbocycles. The summed E-state index contributed by atoms with van der Waals surface area (Å²) in [6.07, 6.45) is 0. The smallest absolute Gasteiger partial charge is 0.394 e. The Balaban J connectivity index is 2.39. The molecule has 16 heavy (non-hydrogen) atoms. The van der Waals surface area contributed by atoms with E-state index in [1.807, 2.05) is 52.0 Å². The van der Waals surface area contributed by atoms with E-state index in [-0.39, 0.29) is 5.41 Å². The molecule has 0 fully saturated rings. The van der Waals surface area contributed by atoms with E-state index < -0.39 is 8.60 Å². The molecule has 0 bridgehead atoms. The number of rotatable bonds is 4. The van der Waals surface area contributed by atoms with Crippen LogP contribution in [-0.2, 0) is 4.52 Å². The fourth-order valence-corrected chi connectivity index (χ4v) is 1.82. The topological polar surface area (TPSA) is 38.7 Å². The molecule has 90 valence electrons. The van der Waals surface area contributed by atoms with Crippen molar-refractivity contribution in [1.82, 2.24) is 0 Å². The normalized spacial score (nSPS) is 13.6. The third kappa shape index (κ3) is 5.45. The Morgan fingerprint density at radius 1 is 1.19 bits per heavy atom. The SMILES string of the molecule is Cc1ccc(OP(O)OCC(C)(C)C)cc1. The Kier molecular flexibility index (Phi) is 4.72. The fourth-order valence-electron chi connectivity index (χ4n) is 0.965. The molecule has 0 heterocycles. The Morgan fingerprint density at radius 2 is 1.75 bits per heavy atom. The largest absolute Gasteiger partial charge is 0.427 e. The lowest BCUT2D eigenvalue weighted by molar-refractivity contribution is 0.175. The summed E-state index contributed by atoms with van der Waals surface area (Å²) < 4.78 is 10.5. The van der Waals surface area contributed by atoms with E-state index in [4.69, 9.17) is 9.05 Å². The van der Waals surface area contributed by atoms with Crippen LogP contribution in [0.3, 0.4) is 0 Å². The van der Waals surface area contributed by atoms with Gasteiger partial charge in [-0.05, 0) is 24.5 Å². The van der Waals surface area contributed by atoms with Gasteiger partial charge in [-0.2, -0.15) is 0 Å². The molecule has 1 aromatic carbocycles. The van der Waals surface area contributed by atoms with Crippen LogP contribution in [0.25, 0.3) is 0 Å². The van der Waals surface area contributed by atoms with Gasteiger partial charge < -0.3 is 13.9 Å². The Bertz CT molecular complexity index is 316. The van der Waals surface area contributed by atoms with Crippen LogP contribution in [0, 0.1) is 12.3 Å². The number of aryl methyl sites for hydroxylation is 1. The van der Waals surface area contributed by atoms with Crippen molar-refractivity contribution in [1.29, 1.82) is 0 Å². The molecule has 1 rings (SSSR count). The van der Waals surface area contributed by atoms with Crippen LogP contribution in [0.4, 0.5) is 0 Å². The number of benzene rings is 1. The molecule has 1 aromatic rings. The predicted octanol–water partition coefficient (Wildman–Crippen LogP) is 3.66. The van der Waals surface area contributed by atoms with Gasteiger partial charge in [-0.3, -0.25) is 0 Å². The minimum absolute atomic E-state index is 0.0277. The van der Waals surface area contributed by atoms with Gasteiger partial charge in [0.2, 0.25) is 0 Å². The molecule has 0 aromatic heterocycles. The number of hydrogen-bond donors (Lipinski definition) is 1. The lowest BCUT2D eigenvalue weighted by Gasteiger charge is -2.19. The van der Waals surface area contributed by atoms with Crippen molar-refractivity contribution < 1.29 is 13.9 Å². The van der Waals surface area contributed by atoms with Gasteiger partial charge in [-0.15, -0.1) is 0 Å². The second-order valence-corrected chi connectivity index (χ2v) is 5.89. The maximum atomic E-state index is 9.56. The minimum atomic E-state index is -1.83. The summed E-state index contributed by atoms with van der Waals surface area (Å²) in [6.45, 7) is 8.61. The van der Waals surface area contributed by atoms with Crippen LogP contribution in [0.5, 0.6) is 5.75 Å². The molecule has 0 radical (unpaired) electrons. The lowest BCUT2D eigenvalue weighted by atomic mass is 9.99. The third-order valence-corrected chi connectivity index (χ3v) is 2.53. The highest BCUT2D eigenvalue weighted by atomic mass is 31.2. The molecule has 3 nitrogen and oxygen atoms in total. The van der Waals surface area contributed by atoms with Crippen molar-refractivity contribution >= 4 is 8.60 Å². The first-order chi connectivity index (χ1) is 7.37. The van der Waals surface area contributed by atoms with Crippen LogP contribution in [0.1, 0.15) is 26.3 Å². The van der Waals surface area contributed by atoms with E-state index in [0.717, 1.165) is 5.56 Å². The van der Waals surface area contributed by atoms with Crippen LogP contribution < -0.4 is 4.52 Å². The van der Waals surface area contributed by atoms with E-state index in [1.165, 1.54) is 0 Å². The van der Waals surface area contributed by atoms with Gasteiger partial charge in [0.05, 0.1) is 6.61 Å². The highest BCUT2D eigenvalue weighted by molar-refractivity contribution is 7.41. The van der Waals surface area contributed by atoms with Gasteiger partial charge in [-0.1, -0.05) is 38.5 Å². The molecule has 0 saturated heterocycles. The summed E-state index contributed by atoms with van der Waals surface area (Å²) in [7, 11) is -1.83. The van der Waals surface area contributed by atoms with E-state index >= 15 is 0 Å². The predicted molar refractivity (Wildman–Crippen MR) is 66.4 cm³/mol. The fraction of sp³-hybridized carbons (Fsp3) is 0.500. The zero-order valence-electron chi connectivity index (χ0n) is 10.2. The Hall–Kier alpha value is -0.630. The van der Waals surface area contributed by atoms with E-state index in [0.29, 0.717) is 12.4 Å². The zero-order valence-corrected chi connectivity index (χ0v) is 11.1. The maximum absolute atomic E-state index is 9.56. The van der Waals surface area contributed by atoms with Crippen LogP contribution in [-0.4, -0.2) is 11.5 Å². The van der Waals surface area contributed by atoms with Crippen molar-refractivity contribution in [3.63, 3.8) is 0 Å². The zero-order chi connectivity index (χ0) is 12.2. The van der Waals surface area contributed by atoms with Crippen LogP contribution in [0.15, 0.2) is 24.3 Å². The van der Waals surface area contributed by atoms with Crippen LogP contribution in [0.2, 0.25) is 0 Å². The highest BCUT2D eigenvalue weighted by Crippen LogP contribution is 2.36. The maximum Gasteiger partial charge on any atom is 0.394 e. The summed E-state index contributed by atoms with van der Waals surface area (Å²) >= 11 is 0. The summed E-state index contributed by atoms with van der Waals surface area (Å²) in [4.78, 5) is 9.56. The molecular weight excluding hydrogens is 223 g/mol. The highest BCUT2D eigenvalue weighted by Gasteiger charge is 2.16. The molecule has 4 heteroatoms. The standard InChI is InChI=1S/C12H19O3P/c1-10-5-7-11(8-6-10)15-16(13)14-9-12(2,3)4/h5-8,13H,9H2,1-4H3. The van der Waals surface area contributed by atoms with E-state index in [2.05, 4.69) is 0 Å². The van der Waals surface area contributed by atoms with Crippen molar-refractivity contribution in [3.8, 4) is 5.75 Å². The molecule has 1 N–H and O–H groups in total. The first-order valence-electron chi connectivity index (χ1n) is 5.23. The second kappa shape index (κ2) is 5.62. The molecule has 1 unspecified atom stereocenters. The number of hydrogen-bond acceptors (Lipinski definition) is 3. The molecule has 0 spiro atoms. The quantitative estimate of drug-likeness (QED) is 0.819. The monoisotopic (exact) mass is 242 g/mol. The lowest BCUT2D eigenvalue weighted by Crippen LogP contribution is -2.13. The van der Waals surface area contributed by atoms with Gasteiger partial charge in [0.15, 0.2) is 0 Å². The van der Waals surface area contributed by atoms with Crippen molar-refractivity contribution in [3.05, 3.63) is 29.8 Å². The van der Waals surface area contributed by atoms with Gasteiger partial charge in [0.25, 0.3) is 0 Å². The molecule has 0 saturated carbocycles. The van der Waals surface area contributed by atoms with E-state index in [1.54, 1.807) is 0 Å². The van der Waals surface area contributed by atoms with Crippen molar-refractivity contribution in [2.45, 2.75) is 27.7 Å². The van der Waals surface area contributed by atoms with E-state index in [9.17, 15) is 4.89 Å². The van der Waals surface area contributed by atoms with Gasteiger partial charge >= 0.3 is 8.60 Å². The summed E-state index contributed by atoms with van der Waals surface area (Å²) in [6, 6.07) is 7.51. The van der Waals surface area contributed by atoms with Crippen LogP contribution >= 0.6 is 8.60 Å². The second-order valence-electron chi connectivity index (χ2n) is 4.98. The average Bonchev–Trinajstić information content (AvgIpc) is 2.18. The first kappa shape index (κ1) is 13.4. The Morgan fingerprint density at radius 3 is 2.25 bits per heavy atom. The first-order valence-corrected chi connectivity index (χ1v) is 6.36. The summed E-state index contributed by atoms with van der Waals surface area (Å²) in [5.74, 6) is 0.633. The Labute approximate surface area is 98.4 Å². The van der Waals surface area contributed by atoms with Gasteiger partial charge in [0.1, 0.15) is 5.75 Å². The molecule has 0 aliphatic rings. The van der Waals surface area contributed by atoms with Gasteiger partial charge in [0, 0.05) is 0 Å². The third-order valence-electron chi connectivity index (χ3n) is 1.81. The van der Waals surface area contributed by atoms with Gasteiger partial charge in [-0.25, -0.2) is 0 Å². The van der Waals surface area contributed by atoms with Crippen molar-refractivity contribution in [2.24, 2.45) is 5.41 Å². The molecule has 0 aliphatic heterocycles. The summed E-state index contributed by atoms with van der Waals surface area (Å²) in [5, 5.41) is 0. The summed E-state index contributed by atoms with van der Waals surface area (Å²) in [5.41, 5.74) is 1.19. The molecular formula is C12H19O3P. The van der Waals surface area contributed by atoms with Crippen molar-refractivity contribution in [2.75, 3.05) is 6.61 Å². The molecule has 1 atom stereocenters. The average molecular weight is 242 g/mol. The molecule has 0 amide bonds.